The Kier molecular flexibility index (Phi) is 2.79. The van der Waals surface area contributed by atoms with Crippen molar-refractivity contribution in [2.24, 2.45) is 5.73 Å². The van der Waals surface area contributed by atoms with E-state index in [-0.39, 0.29) is 11.9 Å². The summed E-state index contributed by atoms with van der Waals surface area (Å²) in [5.41, 5.74) is 7.05. The normalized spacial score (nSPS) is 12.8. The van der Waals surface area contributed by atoms with Crippen LogP contribution < -0.4 is 5.73 Å². The number of benzene rings is 1. The molecular formula is C13H14FNO. The first-order valence-electron chi connectivity index (χ1n) is 5.20. The van der Waals surface area contributed by atoms with E-state index in [4.69, 9.17) is 10.2 Å². The Morgan fingerprint density at radius 3 is 2.56 bits per heavy atom. The third-order valence-corrected chi connectivity index (χ3v) is 2.53. The standard InChI is InChI=1S/C13H14FNO/c1-8-3-4-10(7-11(8)14)13-6-5-12(16-13)9(2)15/h3-7,9H,15H2,1-2H3. The van der Waals surface area contributed by atoms with Crippen molar-refractivity contribution in [1.82, 2.24) is 0 Å². The van der Waals surface area contributed by atoms with Crippen LogP contribution in [0.5, 0.6) is 0 Å². The van der Waals surface area contributed by atoms with Crippen LogP contribution in [0.25, 0.3) is 11.3 Å². The molecule has 16 heavy (non-hydrogen) atoms. The van der Waals surface area contributed by atoms with Gasteiger partial charge in [0.25, 0.3) is 0 Å². The summed E-state index contributed by atoms with van der Waals surface area (Å²) in [6, 6.07) is 8.52. The van der Waals surface area contributed by atoms with Gasteiger partial charge in [0.05, 0.1) is 6.04 Å². The minimum atomic E-state index is -0.226. The summed E-state index contributed by atoms with van der Waals surface area (Å²) in [6.45, 7) is 3.58. The summed E-state index contributed by atoms with van der Waals surface area (Å²) in [6.07, 6.45) is 0. The average Bonchev–Trinajstić information content (AvgIpc) is 2.71. The van der Waals surface area contributed by atoms with Gasteiger partial charge >= 0.3 is 0 Å². The quantitative estimate of drug-likeness (QED) is 0.840. The second-order valence-corrected chi connectivity index (χ2v) is 3.95. The van der Waals surface area contributed by atoms with Gasteiger partial charge in [0, 0.05) is 5.56 Å². The molecule has 2 rings (SSSR count). The van der Waals surface area contributed by atoms with Gasteiger partial charge in [-0.15, -0.1) is 0 Å². The molecule has 0 aliphatic heterocycles. The smallest absolute Gasteiger partial charge is 0.134 e. The maximum Gasteiger partial charge on any atom is 0.134 e. The van der Waals surface area contributed by atoms with E-state index >= 15 is 0 Å². The maximum absolute atomic E-state index is 13.4. The fraction of sp³-hybridized carbons (Fsp3) is 0.231. The molecule has 0 fully saturated rings. The van der Waals surface area contributed by atoms with Gasteiger partial charge in [-0.2, -0.15) is 0 Å². The van der Waals surface area contributed by atoms with Crippen LogP contribution >= 0.6 is 0 Å². The molecule has 0 saturated carbocycles. The molecule has 2 nitrogen and oxygen atoms in total. The van der Waals surface area contributed by atoms with Crippen molar-refractivity contribution in [2.45, 2.75) is 19.9 Å². The molecule has 84 valence electrons. The molecule has 0 spiro atoms. The van der Waals surface area contributed by atoms with Crippen LogP contribution in [0.2, 0.25) is 0 Å². The van der Waals surface area contributed by atoms with E-state index in [0.29, 0.717) is 17.1 Å². The molecule has 1 unspecified atom stereocenters. The van der Waals surface area contributed by atoms with Crippen molar-refractivity contribution in [1.29, 1.82) is 0 Å². The summed E-state index contributed by atoms with van der Waals surface area (Å²) in [7, 11) is 0. The van der Waals surface area contributed by atoms with Gasteiger partial charge in [0.15, 0.2) is 0 Å². The van der Waals surface area contributed by atoms with Gasteiger partial charge in [0.1, 0.15) is 17.3 Å². The van der Waals surface area contributed by atoms with Gasteiger partial charge in [-0.3, -0.25) is 0 Å². The van der Waals surface area contributed by atoms with E-state index in [0.717, 1.165) is 5.56 Å². The summed E-state index contributed by atoms with van der Waals surface area (Å²) >= 11 is 0. The zero-order valence-corrected chi connectivity index (χ0v) is 9.33. The molecular weight excluding hydrogens is 205 g/mol. The van der Waals surface area contributed by atoms with Gasteiger partial charge < -0.3 is 10.2 Å². The third kappa shape index (κ3) is 1.99. The molecule has 0 radical (unpaired) electrons. The number of hydrogen-bond acceptors (Lipinski definition) is 2. The third-order valence-electron chi connectivity index (χ3n) is 2.53. The highest BCUT2D eigenvalue weighted by molar-refractivity contribution is 5.58. The fourth-order valence-electron chi connectivity index (χ4n) is 1.50. The van der Waals surface area contributed by atoms with Crippen LogP contribution in [0, 0.1) is 12.7 Å². The van der Waals surface area contributed by atoms with Crippen LogP contribution in [-0.2, 0) is 0 Å². The highest BCUT2D eigenvalue weighted by atomic mass is 19.1. The van der Waals surface area contributed by atoms with E-state index in [1.54, 1.807) is 13.0 Å². The summed E-state index contributed by atoms with van der Waals surface area (Å²) in [5, 5.41) is 0. The number of aryl methyl sites for hydroxylation is 1. The summed E-state index contributed by atoms with van der Waals surface area (Å²) < 4.78 is 18.9. The highest BCUT2D eigenvalue weighted by Gasteiger charge is 2.09. The fourth-order valence-corrected chi connectivity index (χ4v) is 1.50. The van der Waals surface area contributed by atoms with Gasteiger partial charge in [0.2, 0.25) is 0 Å². The van der Waals surface area contributed by atoms with E-state index in [1.165, 1.54) is 6.07 Å². The number of hydrogen-bond donors (Lipinski definition) is 1. The number of rotatable bonds is 2. The Labute approximate surface area is 93.9 Å². The zero-order valence-electron chi connectivity index (χ0n) is 9.33. The van der Waals surface area contributed by atoms with Gasteiger partial charge in [-0.1, -0.05) is 12.1 Å². The van der Waals surface area contributed by atoms with Crippen molar-refractivity contribution in [3.8, 4) is 11.3 Å². The summed E-state index contributed by atoms with van der Waals surface area (Å²) in [4.78, 5) is 0. The second-order valence-electron chi connectivity index (χ2n) is 3.95. The largest absolute Gasteiger partial charge is 0.459 e. The van der Waals surface area contributed by atoms with Crippen molar-refractivity contribution in [2.75, 3.05) is 0 Å². The predicted octanol–water partition coefficient (Wildman–Crippen LogP) is 3.41. The Morgan fingerprint density at radius 2 is 2.00 bits per heavy atom. The van der Waals surface area contributed by atoms with E-state index in [9.17, 15) is 4.39 Å². The summed E-state index contributed by atoms with van der Waals surface area (Å²) in [5.74, 6) is 1.12. The lowest BCUT2D eigenvalue weighted by Gasteiger charge is -2.01. The first kappa shape index (κ1) is 10.9. The molecule has 0 bridgehead atoms. The Balaban J connectivity index is 2.39. The molecule has 1 heterocycles. The Hall–Kier alpha value is -1.61. The minimum absolute atomic E-state index is 0.149. The molecule has 0 saturated heterocycles. The molecule has 2 aromatic rings. The van der Waals surface area contributed by atoms with Crippen molar-refractivity contribution >= 4 is 0 Å². The van der Waals surface area contributed by atoms with Crippen LogP contribution in [0.1, 0.15) is 24.3 Å². The van der Waals surface area contributed by atoms with Gasteiger partial charge in [-0.05, 0) is 37.6 Å². The molecule has 2 N–H and O–H groups in total. The Morgan fingerprint density at radius 1 is 1.25 bits per heavy atom. The molecule has 3 heteroatoms. The van der Waals surface area contributed by atoms with E-state index in [2.05, 4.69) is 0 Å². The average molecular weight is 219 g/mol. The van der Waals surface area contributed by atoms with Crippen LogP contribution in [0.15, 0.2) is 34.7 Å². The first-order chi connectivity index (χ1) is 7.58. The van der Waals surface area contributed by atoms with Crippen molar-refractivity contribution < 1.29 is 8.81 Å². The molecule has 1 atom stereocenters. The molecule has 1 aromatic heterocycles. The molecule has 1 aromatic carbocycles. The molecule has 0 amide bonds. The van der Waals surface area contributed by atoms with Crippen molar-refractivity contribution in [3.63, 3.8) is 0 Å². The van der Waals surface area contributed by atoms with Crippen LogP contribution in [0.3, 0.4) is 0 Å². The first-order valence-corrected chi connectivity index (χ1v) is 5.20. The van der Waals surface area contributed by atoms with Crippen LogP contribution in [-0.4, -0.2) is 0 Å². The topological polar surface area (TPSA) is 39.2 Å². The van der Waals surface area contributed by atoms with E-state index < -0.39 is 0 Å². The Bertz CT molecular complexity index is 502. The van der Waals surface area contributed by atoms with Gasteiger partial charge in [-0.25, -0.2) is 4.39 Å². The van der Waals surface area contributed by atoms with Crippen LogP contribution in [0.4, 0.5) is 4.39 Å². The van der Waals surface area contributed by atoms with Crippen molar-refractivity contribution in [3.05, 3.63) is 47.5 Å². The lowest BCUT2D eigenvalue weighted by atomic mass is 10.1. The van der Waals surface area contributed by atoms with E-state index in [1.807, 2.05) is 25.1 Å². The zero-order chi connectivity index (χ0) is 11.7. The molecule has 0 aliphatic carbocycles. The predicted molar refractivity (Wildman–Crippen MR) is 61.4 cm³/mol. The molecule has 0 aliphatic rings. The monoisotopic (exact) mass is 219 g/mol. The SMILES string of the molecule is Cc1ccc(-c2ccc(C(C)N)o2)cc1F. The lowest BCUT2D eigenvalue weighted by molar-refractivity contribution is 0.490. The number of nitrogens with two attached hydrogens (primary N) is 1. The second kappa shape index (κ2) is 4.10. The lowest BCUT2D eigenvalue weighted by Crippen LogP contribution is -2.02. The minimum Gasteiger partial charge on any atom is -0.459 e. The number of halogens is 1. The highest BCUT2D eigenvalue weighted by Crippen LogP contribution is 2.25. The maximum atomic E-state index is 13.4. The number of furan rings is 1.